The topological polar surface area (TPSA) is 71.1 Å². The van der Waals surface area contributed by atoms with E-state index in [9.17, 15) is 9.59 Å². The molecule has 3 aromatic carbocycles. The second-order valence-electron chi connectivity index (χ2n) is 6.87. The number of thioether (sulfide) groups is 1. The van der Waals surface area contributed by atoms with Gasteiger partial charge >= 0.3 is 0 Å². The van der Waals surface area contributed by atoms with E-state index in [0.717, 1.165) is 16.2 Å². The first-order valence-electron chi connectivity index (χ1n) is 9.77. The van der Waals surface area contributed by atoms with Crippen molar-refractivity contribution in [3.8, 4) is 11.3 Å². The maximum atomic E-state index is 12.3. The Labute approximate surface area is 209 Å². The maximum absolute atomic E-state index is 12.3. The number of carbonyl (C=O) groups excluding carboxylic acids is 2. The molecule has 0 atom stereocenters. The van der Waals surface area contributed by atoms with E-state index in [2.05, 4.69) is 15.6 Å². The second-order valence-corrected chi connectivity index (χ2v) is 9.65. The van der Waals surface area contributed by atoms with Crippen molar-refractivity contribution in [2.75, 3.05) is 16.4 Å². The molecule has 0 bridgehead atoms. The van der Waals surface area contributed by atoms with Crippen molar-refractivity contribution >= 4 is 68.9 Å². The molecule has 1 heterocycles. The lowest BCUT2D eigenvalue weighted by molar-refractivity contribution is -0.113. The van der Waals surface area contributed by atoms with Crippen LogP contribution in [0.4, 0.5) is 10.8 Å². The highest BCUT2D eigenvalue weighted by Gasteiger charge is 2.10. The van der Waals surface area contributed by atoms with E-state index in [4.69, 9.17) is 23.2 Å². The molecule has 9 heteroatoms. The van der Waals surface area contributed by atoms with Gasteiger partial charge in [-0.25, -0.2) is 4.98 Å². The molecule has 0 saturated heterocycles. The van der Waals surface area contributed by atoms with E-state index < -0.39 is 0 Å². The molecule has 33 heavy (non-hydrogen) atoms. The Hall–Kier alpha value is -2.84. The van der Waals surface area contributed by atoms with Gasteiger partial charge in [0.1, 0.15) is 0 Å². The zero-order valence-corrected chi connectivity index (χ0v) is 20.2. The molecule has 1 aromatic heterocycles. The molecule has 0 spiro atoms. The molecule has 0 aliphatic carbocycles. The highest BCUT2D eigenvalue weighted by Crippen LogP contribution is 2.27. The third kappa shape index (κ3) is 6.58. The Bertz CT molecular complexity index is 1280. The number of aromatic nitrogens is 1. The monoisotopic (exact) mass is 513 g/mol. The lowest BCUT2D eigenvalue weighted by atomic mass is 10.2. The van der Waals surface area contributed by atoms with Gasteiger partial charge in [-0.2, -0.15) is 0 Å². The van der Waals surface area contributed by atoms with Gasteiger partial charge in [0.05, 0.1) is 11.4 Å². The zero-order valence-electron chi connectivity index (χ0n) is 17.0. The third-order valence-corrected chi connectivity index (χ3v) is 6.72. The van der Waals surface area contributed by atoms with Gasteiger partial charge in [-0.1, -0.05) is 41.4 Å². The van der Waals surface area contributed by atoms with Crippen LogP contribution in [0.5, 0.6) is 0 Å². The van der Waals surface area contributed by atoms with E-state index in [1.54, 1.807) is 48.5 Å². The number of nitrogens with zero attached hydrogens (tertiary/aromatic N) is 1. The minimum absolute atomic E-state index is 0.143. The SMILES string of the molecule is O=C(CSc1ccc(NC(=O)c2cccc(Cl)c2)cc1)Nc1nc(-c2ccc(Cl)cc2)cs1. The largest absolute Gasteiger partial charge is 0.322 e. The zero-order chi connectivity index (χ0) is 23.2. The normalized spacial score (nSPS) is 10.6. The number of thiazole rings is 1. The molecule has 2 amide bonds. The average Bonchev–Trinajstić information content (AvgIpc) is 3.27. The van der Waals surface area contributed by atoms with Gasteiger partial charge in [-0.3, -0.25) is 9.59 Å². The fourth-order valence-corrected chi connectivity index (χ4v) is 4.61. The van der Waals surface area contributed by atoms with E-state index in [1.165, 1.54) is 23.1 Å². The number of rotatable bonds is 7. The molecule has 4 aromatic rings. The lowest BCUT2D eigenvalue weighted by Crippen LogP contribution is -2.13. The molecule has 0 unspecified atom stereocenters. The predicted octanol–water partition coefficient (Wildman–Crippen LogP) is 7.10. The average molecular weight is 514 g/mol. The second kappa shape index (κ2) is 10.9. The van der Waals surface area contributed by atoms with Gasteiger partial charge in [0.25, 0.3) is 5.91 Å². The van der Waals surface area contributed by atoms with Crippen molar-refractivity contribution in [1.82, 2.24) is 4.98 Å². The first kappa shape index (κ1) is 23.3. The van der Waals surface area contributed by atoms with Crippen molar-refractivity contribution in [3.05, 3.63) is 93.8 Å². The van der Waals surface area contributed by atoms with Crippen LogP contribution in [0.15, 0.2) is 83.1 Å². The van der Waals surface area contributed by atoms with Crippen LogP contribution in [0, 0.1) is 0 Å². The Morgan fingerprint density at radius 3 is 2.39 bits per heavy atom. The van der Waals surface area contributed by atoms with E-state index in [1.807, 2.05) is 29.6 Å². The Balaban J connectivity index is 1.27. The Morgan fingerprint density at radius 1 is 0.909 bits per heavy atom. The summed E-state index contributed by atoms with van der Waals surface area (Å²) in [4.78, 5) is 30.0. The molecular weight excluding hydrogens is 497 g/mol. The summed E-state index contributed by atoms with van der Waals surface area (Å²) in [6.07, 6.45) is 0. The fourth-order valence-electron chi connectivity index (χ4n) is 2.86. The number of benzene rings is 3. The smallest absolute Gasteiger partial charge is 0.255 e. The third-order valence-electron chi connectivity index (χ3n) is 4.46. The lowest BCUT2D eigenvalue weighted by Gasteiger charge is -2.07. The van der Waals surface area contributed by atoms with Gasteiger partial charge in [-0.15, -0.1) is 23.1 Å². The number of amides is 2. The number of nitrogens with one attached hydrogen (secondary N) is 2. The standard InChI is InChI=1S/C24H17Cl2N3O2S2/c25-17-6-4-15(5-7-17)21-13-33-24(28-21)29-22(30)14-32-20-10-8-19(9-11-20)27-23(31)16-2-1-3-18(26)12-16/h1-13H,14H2,(H,27,31)(H,28,29,30). The molecule has 166 valence electrons. The van der Waals surface area contributed by atoms with Crippen molar-refractivity contribution < 1.29 is 9.59 Å². The summed E-state index contributed by atoms with van der Waals surface area (Å²) in [6.45, 7) is 0. The maximum Gasteiger partial charge on any atom is 0.255 e. The van der Waals surface area contributed by atoms with E-state index in [-0.39, 0.29) is 17.6 Å². The highest BCUT2D eigenvalue weighted by molar-refractivity contribution is 8.00. The summed E-state index contributed by atoms with van der Waals surface area (Å²) in [7, 11) is 0. The molecule has 5 nitrogen and oxygen atoms in total. The first-order chi connectivity index (χ1) is 16.0. The van der Waals surface area contributed by atoms with Crippen LogP contribution in [0.2, 0.25) is 10.0 Å². The Morgan fingerprint density at radius 2 is 1.67 bits per heavy atom. The number of anilines is 2. The molecule has 0 saturated carbocycles. The number of hydrogen-bond donors (Lipinski definition) is 2. The van der Waals surface area contributed by atoms with Gasteiger partial charge < -0.3 is 10.6 Å². The van der Waals surface area contributed by atoms with E-state index >= 15 is 0 Å². The molecule has 4 rings (SSSR count). The minimum Gasteiger partial charge on any atom is -0.322 e. The first-order valence-corrected chi connectivity index (χ1v) is 12.4. The molecule has 2 N–H and O–H groups in total. The van der Waals surface area contributed by atoms with Gasteiger partial charge in [0.15, 0.2) is 5.13 Å². The highest BCUT2D eigenvalue weighted by atomic mass is 35.5. The summed E-state index contributed by atoms with van der Waals surface area (Å²) < 4.78 is 0. The number of hydrogen-bond acceptors (Lipinski definition) is 5. The quantitative estimate of drug-likeness (QED) is 0.258. The van der Waals surface area contributed by atoms with Crippen LogP contribution in [0.3, 0.4) is 0 Å². The molecular formula is C24H17Cl2N3O2S2. The summed E-state index contributed by atoms with van der Waals surface area (Å²) in [5, 5.41) is 9.26. The summed E-state index contributed by atoms with van der Waals surface area (Å²) >= 11 is 14.6. The Kier molecular flexibility index (Phi) is 7.67. The summed E-state index contributed by atoms with van der Waals surface area (Å²) in [6, 6.07) is 21.4. The summed E-state index contributed by atoms with van der Waals surface area (Å²) in [5.74, 6) is -0.140. The van der Waals surface area contributed by atoms with Crippen LogP contribution in [0.25, 0.3) is 11.3 Å². The van der Waals surface area contributed by atoms with Crippen molar-refractivity contribution in [1.29, 1.82) is 0 Å². The molecule has 0 aliphatic heterocycles. The molecule has 0 aliphatic rings. The van der Waals surface area contributed by atoms with Gasteiger partial charge in [0, 0.05) is 37.1 Å². The van der Waals surface area contributed by atoms with Crippen LogP contribution in [-0.4, -0.2) is 22.6 Å². The number of carbonyl (C=O) groups is 2. The van der Waals surface area contributed by atoms with Gasteiger partial charge in [-0.05, 0) is 54.6 Å². The van der Waals surface area contributed by atoms with E-state index in [0.29, 0.717) is 26.4 Å². The number of halogens is 2. The van der Waals surface area contributed by atoms with Crippen molar-refractivity contribution in [2.45, 2.75) is 4.90 Å². The summed E-state index contributed by atoms with van der Waals surface area (Å²) in [5.41, 5.74) is 2.87. The minimum atomic E-state index is -0.237. The van der Waals surface area contributed by atoms with Crippen molar-refractivity contribution in [2.24, 2.45) is 0 Å². The van der Waals surface area contributed by atoms with Crippen LogP contribution in [0.1, 0.15) is 10.4 Å². The molecule has 0 radical (unpaired) electrons. The van der Waals surface area contributed by atoms with Crippen molar-refractivity contribution in [3.63, 3.8) is 0 Å². The molecule has 0 fully saturated rings. The van der Waals surface area contributed by atoms with Crippen LogP contribution in [-0.2, 0) is 4.79 Å². The predicted molar refractivity (Wildman–Crippen MR) is 138 cm³/mol. The van der Waals surface area contributed by atoms with Crippen LogP contribution >= 0.6 is 46.3 Å². The fraction of sp³-hybridized carbons (Fsp3) is 0.0417. The van der Waals surface area contributed by atoms with Gasteiger partial charge in [0.2, 0.25) is 5.91 Å². The van der Waals surface area contributed by atoms with Crippen LogP contribution < -0.4 is 10.6 Å².